The summed E-state index contributed by atoms with van der Waals surface area (Å²) in [7, 11) is -1.76. The van der Waals surface area contributed by atoms with E-state index in [9.17, 15) is 13.2 Å². The highest BCUT2D eigenvalue weighted by atomic mass is 28.4. The number of hydrogen-bond donors (Lipinski definition) is 2. The fourth-order valence-electron chi connectivity index (χ4n) is 5.02. The zero-order chi connectivity index (χ0) is 29.6. The van der Waals surface area contributed by atoms with Crippen LogP contribution in [0.15, 0.2) is 42.5 Å². The Hall–Kier alpha value is -3.02. The molecule has 0 atom stereocenters. The molecule has 0 bridgehead atoms. The minimum absolute atomic E-state index is 0.195. The molecule has 3 heterocycles. The average molecular weight is 588 g/mol. The molecule has 2 aromatic heterocycles. The molecule has 220 valence electrons. The van der Waals surface area contributed by atoms with Gasteiger partial charge in [0.15, 0.2) is 14.1 Å². The van der Waals surface area contributed by atoms with Gasteiger partial charge >= 0.3 is 6.18 Å². The summed E-state index contributed by atoms with van der Waals surface area (Å²) in [5.41, 5.74) is 1.45. The molecule has 5 rings (SSSR count). The van der Waals surface area contributed by atoms with Crippen LogP contribution in [0.25, 0.3) is 21.9 Å². The highest BCUT2D eigenvalue weighted by Crippen LogP contribution is 2.37. The lowest BCUT2D eigenvalue weighted by molar-refractivity contribution is -0.137. The summed E-state index contributed by atoms with van der Waals surface area (Å²) in [6, 6.07) is 10.1. The summed E-state index contributed by atoms with van der Waals surface area (Å²) in [6.45, 7) is 14.8. The molecule has 2 N–H and O–H groups in total. The lowest BCUT2D eigenvalue weighted by Crippen LogP contribution is -2.43. The maximum atomic E-state index is 15.1. The Labute approximate surface area is 238 Å². The maximum Gasteiger partial charge on any atom is 0.416 e. The van der Waals surface area contributed by atoms with Crippen LogP contribution in [0, 0.1) is 5.82 Å². The Balaban J connectivity index is 1.22. The number of H-pyrrole nitrogens is 1. The first-order valence-corrected chi connectivity index (χ1v) is 16.9. The monoisotopic (exact) mass is 587 g/mol. The first-order chi connectivity index (χ1) is 19.2. The number of halogens is 4. The third-order valence-electron chi connectivity index (χ3n) is 8.56. The highest BCUT2D eigenvalue weighted by molar-refractivity contribution is 6.74. The second-order valence-corrected chi connectivity index (χ2v) is 17.2. The number of piperidine rings is 1. The Morgan fingerprint density at radius 3 is 2.44 bits per heavy atom. The van der Waals surface area contributed by atoms with E-state index in [0.29, 0.717) is 28.2 Å². The number of hydrogen-bond acceptors (Lipinski definition) is 5. The number of nitrogens with one attached hydrogen (secondary N) is 2. The largest absolute Gasteiger partial charge is 0.416 e. The molecule has 1 aliphatic rings. The number of benzene rings is 2. The van der Waals surface area contributed by atoms with E-state index in [1.54, 1.807) is 18.2 Å². The number of aromatic nitrogens is 3. The summed E-state index contributed by atoms with van der Waals surface area (Å²) < 4.78 is 60.5. The topological polar surface area (TPSA) is 66.1 Å². The quantitative estimate of drug-likeness (QED) is 0.169. The van der Waals surface area contributed by atoms with E-state index in [4.69, 9.17) is 4.43 Å². The van der Waals surface area contributed by atoms with Gasteiger partial charge < -0.3 is 19.6 Å². The molecule has 4 aromatic rings. The van der Waals surface area contributed by atoms with Gasteiger partial charge in [0, 0.05) is 18.5 Å². The van der Waals surface area contributed by atoms with Gasteiger partial charge in [-0.2, -0.15) is 13.2 Å². The summed E-state index contributed by atoms with van der Waals surface area (Å²) in [5, 5.41) is 3.59. The number of rotatable bonds is 7. The van der Waals surface area contributed by atoms with Gasteiger partial charge in [0.1, 0.15) is 11.3 Å². The molecule has 0 spiro atoms. The van der Waals surface area contributed by atoms with Crippen LogP contribution in [-0.4, -0.2) is 54.4 Å². The molecule has 1 fully saturated rings. The number of anilines is 2. The van der Waals surface area contributed by atoms with Crippen LogP contribution in [0.1, 0.15) is 50.7 Å². The highest BCUT2D eigenvalue weighted by Gasteiger charge is 2.37. The van der Waals surface area contributed by atoms with Gasteiger partial charge in [-0.1, -0.05) is 20.8 Å². The Kier molecular flexibility index (Phi) is 7.90. The molecule has 0 unspecified atom stereocenters. The van der Waals surface area contributed by atoms with Gasteiger partial charge in [-0.3, -0.25) is 0 Å². The standard InChI is InChI=1S/C30H37F4N5OSi/c1-29(2,3)41(4,5)40-15-14-39-12-10-19(11-13-39)21-17-23(31)27-25(18-21)36-28(38-27)37-26-9-6-20-16-22(30(32,33)34)7-8-24(20)35-26/h6-9,16-19H,10-15H2,1-5H3,(H2,35,36,37,38). The van der Waals surface area contributed by atoms with Crippen molar-refractivity contribution in [3.05, 3.63) is 59.4 Å². The SMILES string of the molecule is CC(C)(C)[Si](C)(C)OCCN1CCC(c2cc(F)c3nc(Nc4ccc5cc(C(F)(F)F)ccc5n4)[nH]c3c2)CC1. The first-order valence-electron chi connectivity index (χ1n) is 14.0. The van der Waals surface area contributed by atoms with Crippen molar-refractivity contribution in [3.8, 4) is 0 Å². The number of fused-ring (bicyclic) bond motifs is 2. The van der Waals surface area contributed by atoms with Crippen LogP contribution in [0.5, 0.6) is 0 Å². The Morgan fingerprint density at radius 1 is 1.02 bits per heavy atom. The fraction of sp³-hybridized carbons (Fsp3) is 0.467. The van der Waals surface area contributed by atoms with Crippen molar-refractivity contribution in [1.82, 2.24) is 19.9 Å². The number of aromatic amines is 1. The predicted octanol–water partition coefficient (Wildman–Crippen LogP) is 8.21. The molecule has 2 aromatic carbocycles. The third-order valence-corrected chi connectivity index (χ3v) is 13.1. The molecule has 6 nitrogen and oxygen atoms in total. The molecule has 11 heteroatoms. The van der Waals surface area contributed by atoms with Crippen LogP contribution in [-0.2, 0) is 10.6 Å². The minimum Gasteiger partial charge on any atom is -0.416 e. The van der Waals surface area contributed by atoms with Crippen molar-refractivity contribution in [1.29, 1.82) is 0 Å². The molecule has 0 aliphatic carbocycles. The fourth-order valence-corrected chi connectivity index (χ4v) is 6.05. The van der Waals surface area contributed by atoms with E-state index in [1.165, 1.54) is 6.07 Å². The molecule has 1 aliphatic heterocycles. The zero-order valence-electron chi connectivity index (χ0n) is 24.1. The zero-order valence-corrected chi connectivity index (χ0v) is 25.1. The van der Waals surface area contributed by atoms with Crippen molar-refractivity contribution in [2.45, 2.75) is 63.8 Å². The maximum absolute atomic E-state index is 15.1. The van der Waals surface area contributed by atoms with Crippen LogP contribution in [0.2, 0.25) is 18.1 Å². The third kappa shape index (κ3) is 6.57. The van der Waals surface area contributed by atoms with Crippen molar-refractivity contribution in [2.75, 3.05) is 31.6 Å². The number of nitrogens with zero attached hydrogens (tertiary/aromatic N) is 3. The molecule has 0 saturated carbocycles. The lowest BCUT2D eigenvalue weighted by atomic mass is 9.89. The normalized spacial score (nSPS) is 16.1. The van der Waals surface area contributed by atoms with Crippen molar-refractivity contribution in [2.24, 2.45) is 0 Å². The second kappa shape index (κ2) is 11.0. The van der Waals surface area contributed by atoms with Crippen molar-refractivity contribution >= 4 is 42.0 Å². The number of likely N-dealkylation sites (tertiary alicyclic amines) is 1. The van der Waals surface area contributed by atoms with Crippen LogP contribution in [0.4, 0.5) is 29.3 Å². The smallest absolute Gasteiger partial charge is 0.416 e. The van der Waals surface area contributed by atoms with Crippen LogP contribution >= 0.6 is 0 Å². The molecule has 0 radical (unpaired) electrons. The van der Waals surface area contributed by atoms with Crippen LogP contribution in [0.3, 0.4) is 0 Å². The number of pyridine rings is 1. The predicted molar refractivity (Wildman–Crippen MR) is 158 cm³/mol. The summed E-state index contributed by atoms with van der Waals surface area (Å²) >= 11 is 0. The molecular formula is C30H37F4N5OSi. The minimum atomic E-state index is -4.42. The Bertz CT molecular complexity index is 1540. The van der Waals surface area contributed by atoms with Gasteiger partial charge in [0.25, 0.3) is 0 Å². The molecule has 0 amide bonds. The Morgan fingerprint density at radius 2 is 1.76 bits per heavy atom. The first kappa shape index (κ1) is 29.5. The van der Waals surface area contributed by atoms with E-state index < -0.39 is 25.9 Å². The number of alkyl halides is 3. The van der Waals surface area contributed by atoms with Gasteiger partial charge in [-0.15, -0.1) is 0 Å². The summed E-state index contributed by atoms with van der Waals surface area (Å²) in [4.78, 5) is 14.3. The molecular weight excluding hydrogens is 550 g/mol. The van der Waals surface area contributed by atoms with E-state index >= 15 is 4.39 Å². The second-order valence-electron chi connectivity index (χ2n) is 12.4. The van der Waals surface area contributed by atoms with Crippen molar-refractivity contribution in [3.63, 3.8) is 0 Å². The van der Waals surface area contributed by atoms with Gasteiger partial charge in [0.2, 0.25) is 5.95 Å². The molecule has 41 heavy (non-hydrogen) atoms. The van der Waals surface area contributed by atoms with Crippen LogP contribution < -0.4 is 5.32 Å². The van der Waals surface area contributed by atoms with E-state index in [2.05, 4.69) is 59.0 Å². The van der Waals surface area contributed by atoms with E-state index in [0.717, 1.165) is 56.8 Å². The molecule has 1 saturated heterocycles. The van der Waals surface area contributed by atoms with Gasteiger partial charge in [0.05, 0.1) is 16.6 Å². The lowest BCUT2D eigenvalue weighted by Gasteiger charge is -2.37. The number of imidazole rings is 1. The van der Waals surface area contributed by atoms with Gasteiger partial charge in [-0.05, 0) is 98.0 Å². The van der Waals surface area contributed by atoms with E-state index in [1.807, 2.05) is 6.07 Å². The van der Waals surface area contributed by atoms with Crippen molar-refractivity contribution < 1.29 is 22.0 Å². The summed E-state index contributed by atoms with van der Waals surface area (Å²) in [6.07, 6.45) is -2.53. The van der Waals surface area contributed by atoms with E-state index in [-0.39, 0.29) is 16.5 Å². The van der Waals surface area contributed by atoms with Gasteiger partial charge in [-0.25, -0.2) is 14.4 Å². The summed E-state index contributed by atoms with van der Waals surface area (Å²) in [5.74, 6) is 0.571. The average Bonchev–Trinajstić information content (AvgIpc) is 3.30.